The van der Waals surface area contributed by atoms with E-state index in [4.69, 9.17) is 4.74 Å². The van der Waals surface area contributed by atoms with Gasteiger partial charge in [0.05, 0.1) is 0 Å². The molecule has 0 aliphatic carbocycles. The number of hydrogen-bond acceptors (Lipinski definition) is 3. The molecule has 2 aliphatic heterocycles. The van der Waals surface area contributed by atoms with Gasteiger partial charge in [-0.3, -0.25) is 4.79 Å². The standard InChI is InChI=1S/C18H22N2O3/c21-17-8-4-5-11-20(17)16-9-12-19(13-10-16)18(22)23-14-15-6-2-1-3-7-15/h1-4,6-8,16H,5,9-14H2. The number of benzene rings is 1. The van der Waals surface area contributed by atoms with Crippen LogP contribution in [0.15, 0.2) is 42.5 Å². The molecule has 0 radical (unpaired) electrons. The Hall–Kier alpha value is -2.30. The summed E-state index contributed by atoms with van der Waals surface area (Å²) in [6, 6.07) is 9.92. The fourth-order valence-corrected chi connectivity index (χ4v) is 3.14. The van der Waals surface area contributed by atoms with E-state index in [1.807, 2.05) is 41.3 Å². The Balaban J connectivity index is 1.46. The summed E-state index contributed by atoms with van der Waals surface area (Å²) >= 11 is 0. The molecule has 0 bridgehead atoms. The monoisotopic (exact) mass is 314 g/mol. The molecule has 5 nitrogen and oxygen atoms in total. The van der Waals surface area contributed by atoms with Crippen LogP contribution in [-0.4, -0.2) is 47.5 Å². The molecule has 1 aromatic carbocycles. The van der Waals surface area contributed by atoms with Crippen LogP contribution < -0.4 is 0 Å². The minimum absolute atomic E-state index is 0.0985. The second-order valence-electron chi connectivity index (χ2n) is 5.98. The number of nitrogens with zero attached hydrogens (tertiary/aromatic N) is 2. The van der Waals surface area contributed by atoms with E-state index in [0.29, 0.717) is 19.7 Å². The maximum atomic E-state index is 12.1. The van der Waals surface area contributed by atoms with Gasteiger partial charge in [0, 0.05) is 25.7 Å². The molecule has 5 heteroatoms. The van der Waals surface area contributed by atoms with E-state index in [1.54, 1.807) is 11.0 Å². The Morgan fingerprint density at radius 3 is 2.57 bits per heavy atom. The first-order valence-electron chi connectivity index (χ1n) is 8.17. The molecular formula is C18H22N2O3. The smallest absolute Gasteiger partial charge is 0.410 e. The molecule has 3 rings (SSSR count). The van der Waals surface area contributed by atoms with Crippen LogP contribution in [0.3, 0.4) is 0 Å². The van der Waals surface area contributed by atoms with Gasteiger partial charge < -0.3 is 14.5 Å². The van der Waals surface area contributed by atoms with E-state index >= 15 is 0 Å². The third-order valence-electron chi connectivity index (χ3n) is 4.45. The Labute approximate surface area is 136 Å². The van der Waals surface area contributed by atoms with Gasteiger partial charge in [0.15, 0.2) is 0 Å². The summed E-state index contributed by atoms with van der Waals surface area (Å²) in [7, 11) is 0. The van der Waals surface area contributed by atoms with Crippen LogP contribution in [0, 0.1) is 0 Å². The Morgan fingerprint density at radius 2 is 1.87 bits per heavy atom. The van der Waals surface area contributed by atoms with Crippen LogP contribution >= 0.6 is 0 Å². The van der Waals surface area contributed by atoms with Crippen LogP contribution in [-0.2, 0) is 16.1 Å². The van der Waals surface area contributed by atoms with Crippen molar-refractivity contribution in [3.05, 3.63) is 48.0 Å². The lowest BCUT2D eigenvalue weighted by Crippen LogP contribution is -2.49. The van der Waals surface area contributed by atoms with Crippen molar-refractivity contribution in [2.75, 3.05) is 19.6 Å². The highest BCUT2D eigenvalue weighted by molar-refractivity contribution is 5.88. The zero-order valence-corrected chi connectivity index (χ0v) is 13.2. The molecule has 0 aromatic heterocycles. The van der Waals surface area contributed by atoms with E-state index in [9.17, 15) is 9.59 Å². The maximum absolute atomic E-state index is 12.1. The lowest BCUT2D eigenvalue weighted by molar-refractivity contribution is -0.129. The quantitative estimate of drug-likeness (QED) is 0.861. The summed E-state index contributed by atoms with van der Waals surface area (Å²) in [5.41, 5.74) is 0.987. The van der Waals surface area contributed by atoms with Crippen molar-refractivity contribution < 1.29 is 14.3 Å². The van der Waals surface area contributed by atoms with Gasteiger partial charge in [0.2, 0.25) is 5.91 Å². The van der Waals surface area contributed by atoms with Gasteiger partial charge in [0.1, 0.15) is 6.61 Å². The molecule has 2 heterocycles. The highest BCUT2D eigenvalue weighted by Gasteiger charge is 2.29. The van der Waals surface area contributed by atoms with E-state index < -0.39 is 0 Å². The third kappa shape index (κ3) is 3.92. The molecule has 23 heavy (non-hydrogen) atoms. The van der Waals surface area contributed by atoms with E-state index in [0.717, 1.165) is 31.4 Å². The van der Waals surface area contributed by atoms with Gasteiger partial charge in [-0.15, -0.1) is 0 Å². The summed E-state index contributed by atoms with van der Waals surface area (Å²) in [5, 5.41) is 0. The van der Waals surface area contributed by atoms with E-state index in [2.05, 4.69) is 0 Å². The normalized spacial score (nSPS) is 19.0. The summed E-state index contributed by atoms with van der Waals surface area (Å²) in [5.74, 6) is 0.0985. The summed E-state index contributed by atoms with van der Waals surface area (Å²) in [4.78, 5) is 27.7. The topological polar surface area (TPSA) is 49.9 Å². The molecule has 0 spiro atoms. The fourth-order valence-electron chi connectivity index (χ4n) is 3.14. The van der Waals surface area contributed by atoms with Crippen LogP contribution in [0.5, 0.6) is 0 Å². The second-order valence-corrected chi connectivity index (χ2v) is 5.98. The highest BCUT2D eigenvalue weighted by Crippen LogP contribution is 2.20. The zero-order valence-electron chi connectivity index (χ0n) is 13.2. The summed E-state index contributed by atoms with van der Waals surface area (Å²) < 4.78 is 5.36. The molecule has 0 N–H and O–H groups in total. The van der Waals surface area contributed by atoms with E-state index in [-0.39, 0.29) is 18.0 Å². The van der Waals surface area contributed by atoms with Gasteiger partial charge in [-0.25, -0.2) is 4.79 Å². The number of likely N-dealkylation sites (tertiary alicyclic amines) is 1. The SMILES string of the molecule is O=C(OCc1ccccc1)N1CCC(N2CCC=CC2=O)CC1. The summed E-state index contributed by atoms with van der Waals surface area (Å²) in [6.45, 7) is 2.38. The van der Waals surface area contributed by atoms with Crippen molar-refractivity contribution in [3.8, 4) is 0 Å². The molecule has 0 saturated carbocycles. The van der Waals surface area contributed by atoms with Gasteiger partial charge in [0.25, 0.3) is 0 Å². The average molecular weight is 314 g/mol. The number of hydrogen-bond donors (Lipinski definition) is 0. The number of ether oxygens (including phenoxy) is 1. The molecule has 2 amide bonds. The van der Waals surface area contributed by atoms with Crippen molar-refractivity contribution in [2.45, 2.75) is 31.9 Å². The first-order valence-corrected chi connectivity index (χ1v) is 8.17. The first kappa shape index (κ1) is 15.6. The number of piperidine rings is 1. The van der Waals surface area contributed by atoms with Crippen molar-refractivity contribution >= 4 is 12.0 Å². The molecular weight excluding hydrogens is 292 g/mol. The average Bonchev–Trinajstić information content (AvgIpc) is 2.61. The molecule has 1 aromatic rings. The molecule has 0 atom stereocenters. The Bertz CT molecular complexity index is 577. The number of amides is 2. The predicted octanol–water partition coefficient (Wildman–Crippen LogP) is 2.58. The highest BCUT2D eigenvalue weighted by atomic mass is 16.6. The molecule has 1 fully saturated rings. The molecule has 2 aliphatic rings. The Kier molecular flexibility index (Phi) is 4.95. The minimum Gasteiger partial charge on any atom is -0.445 e. The lowest BCUT2D eigenvalue weighted by Gasteiger charge is -2.38. The van der Waals surface area contributed by atoms with Crippen LogP contribution in [0.25, 0.3) is 0 Å². The van der Waals surface area contributed by atoms with Crippen molar-refractivity contribution in [1.82, 2.24) is 9.80 Å². The van der Waals surface area contributed by atoms with Gasteiger partial charge in [-0.1, -0.05) is 36.4 Å². The van der Waals surface area contributed by atoms with Crippen LogP contribution in [0.1, 0.15) is 24.8 Å². The number of carbonyl (C=O) groups excluding carboxylic acids is 2. The van der Waals surface area contributed by atoms with Crippen LogP contribution in [0.2, 0.25) is 0 Å². The van der Waals surface area contributed by atoms with E-state index in [1.165, 1.54) is 0 Å². The molecule has 122 valence electrons. The predicted molar refractivity (Wildman–Crippen MR) is 86.7 cm³/mol. The Morgan fingerprint density at radius 1 is 1.13 bits per heavy atom. The zero-order chi connectivity index (χ0) is 16.1. The van der Waals surface area contributed by atoms with Crippen molar-refractivity contribution in [3.63, 3.8) is 0 Å². The van der Waals surface area contributed by atoms with Gasteiger partial charge in [-0.05, 0) is 30.9 Å². The largest absolute Gasteiger partial charge is 0.445 e. The molecule has 0 unspecified atom stereocenters. The van der Waals surface area contributed by atoms with Gasteiger partial charge >= 0.3 is 6.09 Å². The lowest BCUT2D eigenvalue weighted by atomic mass is 10.0. The van der Waals surface area contributed by atoms with Crippen LogP contribution in [0.4, 0.5) is 4.79 Å². The third-order valence-corrected chi connectivity index (χ3v) is 4.45. The molecule has 1 saturated heterocycles. The fraction of sp³-hybridized carbons (Fsp3) is 0.444. The second kappa shape index (κ2) is 7.31. The number of carbonyl (C=O) groups is 2. The first-order chi connectivity index (χ1) is 11.2. The van der Waals surface area contributed by atoms with Gasteiger partial charge in [-0.2, -0.15) is 0 Å². The maximum Gasteiger partial charge on any atom is 0.410 e. The van der Waals surface area contributed by atoms with Crippen molar-refractivity contribution in [2.24, 2.45) is 0 Å². The summed E-state index contributed by atoms with van der Waals surface area (Å²) in [6.07, 6.45) is 5.88. The minimum atomic E-state index is -0.267. The van der Waals surface area contributed by atoms with Crippen molar-refractivity contribution in [1.29, 1.82) is 0 Å². The number of rotatable bonds is 3.